The molecule has 0 aromatic rings. The molecule has 0 spiro atoms. The summed E-state index contributed by atoms with van der Waals surface area (Å²) >= 11 is 0.390. The quantitative estimate of drug-likeness (QED) is 0.624. The summed E-state index contributed by atoms with van der Waals surface area (Å²) in [6, 6.07) is 0. The first-order chi connectivity index (χ1) is 2.27. The third-order valence-corrected chi connectivity index (χ3v) is 2.34. The molecular weight excluding hydrogens is 253 g/mol. The van der Waals surface area contributed by atoms with E-state index in [4.69, 9.17) is 0 Å². The van der Waals surface area contributed by atoms with Crippen molar-refractivity contribution in [3.8, 4) is 0 Å². The average Bonchev–Trinajstić information content (AvgIpc) is 1.38. The molecule has 0 N–H and O–H groups in total. The van der Waals surface area contributed by atoms with Gasteiger partial charge in [0.25, 0.3) is 0 Å². The van der Waals surface area contributed by atoms with Gasteiger partial charge < -0.3 is 0 Å². The molecule has 0 aliphatic rings. The van der Waals surface area contributed by atoms with Crippen LogP contribution in [0.25, 0.3) is 0 Å². The van der Waals surface area contributed by atoms with Crippen molar-refractivity contribution in [2.24, 2.45) is 0 Å². The van der Waals surface area contributed by atoms with Crippen LogP contribution in [0.15, 0.2) is 0 Å². The van der Waals surface area contributed by atoms with Crippen LogP contribution >= 0.6 is 0 Å². The predicted molar refractivity (Wildman–Crippen MR) is 15.3 cm³/mol. The Labute approximate surface area is 47.7 Å². The van der Waals surface area contributed by atoms with Gasteiger partial charge in [0.15, 0.2) is 0 Å². The molecule has 0 amide bonds. The van der Waals surface area contributed by atoms with E-state index in [1.807, 2.05) is 6.92 Å². The molecule has 0 fully saturated rings. The second-order valence-corrected chi connectivity index (χ2v) is 3.96. The average molecular weight is 258 g/mol. The van der Waals surface area contributed by atoms with E-state index < -0.39 is 0 Å². The van der Waals surface area contributed by atoms with Gasteiger partial charge in [0.1, 0.15) is 0 Å². The molecule has 0 aliphatic carbocycles. The molecule has 0 saturated heterocycles. The van der Waals surface area contributed by atoms with Gasteiger partial charge in [0.2, 0.25) is 0 Å². The molecule has 0 radical (unpaired) electrons. The van der Waals surface area contributed by atoms with E-state index in [-0.39, 0.29) is 0 Å². The molecule has 24 valence electrons. The Morgan fingerprint density at radius 3 is 2.20 bits per heavy atom. The molecule has 0 aromatic heterocycles. The Bertz CT molecular complexity index is 42.2. The zero-order valence-electron chi connectivity index (χ0n) is 3.32. The fourth-order valence-electron chi connectivity index (χ4n) is 0. The molecule has 0 aromatic carbocycles. The number of carbonyl (C=O) groups excluding carboxylic acids is 1. The van der Waals surface area contributed by atoms with Crippen molar-refractivity contribution >= 4 is 3.29 Å². The van der Waals surface area contributed by atoms with Crippen molar-refractivity contribution in [2.45, 2.75) is 13.3 Å². The van der Waals surface area contributed by atoms with Crippen molar-refractivity contribution in [2.75, 3.05) is 0 Å². The number of hydrogen-bond acceptors (Lipinski definition) is 1. The van der Waals surface area contributed by atoms with Gasteiger partial charge in [-0.25, -0.2) is 0 Å². The Balaban J connectivity index is 2.85. The van der Waals surface area contributed by atoms with Gasteiger partial charge in [-0.3, -0.25) is 0 Å². The van der Waals surface area contributed by atoms with Crippen LogP contribution in [0, 0.1) is 0 Å². The summed E-state index contributed by atoms with van der Waals surface area (Å²) in [5.74, 6) is 0. The van der Waals surface area contributed by atoms with Gasteiger partial charge in [0, 0.05) is 0 Å². The van der Waals surface area contributed by atoms with E-state index >= 15 is 0 Å². The summed E-state index contributed by atoms with van der Waals surface area (Å²) in [7, 11) is 0. The zero-order chi connectivity index (χ0) is 4.28. The number of carbonyl (C=O) groups is 1. The van der Waals surface area contributed by atoms with Gasteiger partial charge in [-0.15, -0.1) is 0 Å². The molecule has 1 nitrogen and oxygen atoms in total. The monoisotopic (exact) mass is 259 g/mol. The molecular formula is C3H5HgO+. The third kappa shape index (κ3) is 4.61. The summed E-state index contributed by atoms with van der Waals surface area (Å²) in [6.45, 7) is 1.90. The van der Waals surface area contributed by atoms with Crippen molar-refractivity contribution in [1.29, 1.82) is 0 Å². The summed E-state index contributed by atoms with van der Waals surface area (Å²) in [5, 5.41) is 0. The molecule has 2 heteroatoms. The molecule has 5 heavy (non-hydrogen) atoms. The predicted octanol–water partition coefficient (Wildman–Crippen LogP) is 0.470. The van der Waals surface area contributed by atoms with E-state index in [0.717, 1.165) is 6.42 Å². The van der Waals surface area contributed by atoms with E-state index in [9.17, 15) is 4.79 Å². The van der Waals surface area contributed by atoms with Crippen LogP contribution in [0.1, 0.15) is 13.3 Å². The van der Waals surface area contributed by atoms with Crippen LogP contribution in [0.2, 0.25) is 0 Å². The van der Waals surface area contributed by atoms with Crippen molar-refractivity contribution in [3.05, 3.63) is 0 Å². The van der Waals surface area contributed by atoms with Gasteiger partial charge in [-0.2, -0.15) is 0 Å². The summed E-state index contributed by atoms with van der Waals surface area (Å²) < 4.78 is 0.449. The van der Waals surface area contributed by atoms with Crippen LogP contribution in [-0.2, 0) is 30.9 Å². The van der Waals surface area contributed by atoms with E-state index in [2.05, 4.69) is 0 Å². The number of rotatable bonds is 1. The minimum absolute atomic E-state index is 0.390. The van der Waals surface area contributed by atoms with E-state index in [1.54, 1.807) is 0 Å². The van der Waals surface area contributed by atoms with Gasteiger partial charge in [0.05, 0.1) is 0 Å². The molecule has 0 rings (SSSR count). The van der Waals surface area contributed by atoms with Crippen LogP contribution in [0.3, 0.4) is 0 Å². The summed E-state index contributed by atoms with van der Waals surface area (Å²) in [6.07, 6.45) is 0.753. The van der Waals surface area contributed by atoms with Gasteiger partial charge in [-0.05, 0) is 0 Å². The van der Waals surface area contributed by atoms with Crippen LogP contribution in [-0.4, -0.2) is 3.29 Å². The fourth-order valence-corrected chi connectivity index (χ4v) is 0. The first-order valence-electron chi connectivity index (χ1n) is 1.62. The van der Waals surface area contributed by atoms with E-state index in [0.29, 0.717) is 29.4 Å². The zero-order valence-corrected chi connectivity index (χ0v) is 8.82. The van der Waals surface area contributed by atoms with Gasteiger partial charge in [-0.1, -0.05) is 0 Å². The molecule has 0 bridgehead atoms. The first kappa shape index (κ1) is 5.61. The maximum absolute atomic E-state index is 9.90. The normalized spacial score (nSPS) is 7.80. The Morgan fingerprint density at radius 2 is 2.20 bits per heavy atom. The number of hydrogen-bond donors (Lipinski definition) is 0. The van der Waals surface area contributed by atoms with Crippen LogP contribution in [0.4, 0.5) is 0 Å². The van der Waals surface area contributed by atoms with Gasteiger partial charge >= 0.3 is 47.6 Å². The summed E-state index contributed by atoms with van der Waals surface area (Å²) in [5.41, 5.74) is 0. The maximum atomic E-state index is 9.90. The van der Waals surface area contributed by atoms with Crippen molar-refractivity contribution < 1.29 is 30.9 Å². The standard InChI is InChI=1S/C3H5O.Hg/c1-2-3-4;/h2H2,1H3;/q;+1. The van der Waals surface area contributed by atoms with E-state index in [1.165, 1.54) is 0 Å². The summed E-state index contributed by atoms with van der Waals surface area (Å²) in [4.78, 5) is 9.90. The second-order valence-electron chi connectivity index (χ2n) is 0.892. The Morgan fingerprint density at radius 1 is 2.00 bits per heavy atom. The molecule has 0 saturated carbocycles. The molecule has 0 unspecified atom stereocenters. The van der Waals surface area contributed by atoms with Crippen LogP contribution in [0.5, 0.6) is 0 Å². The second kappa shape index (κ2) is 2.82. The Kier molecular flexibility index (Phi) is 3.16. The minimum atomic E-state index is 0.390. The first-order valence-corrected chi connectivity index (χ1v) is 4.37. The SMILES string of the molecule is CC[C](=O)[Hg+]. The topological polar surface area (TPSA) is 17.1 Å². The third-order valence-electron chi connectivity index (χ3n) is 0.394. The van der Waals surface area contributed by atoms with Crippen molar-refractivity contribution in [1.82, 2.24) is 0 Å². The Hall–Kier alpha value is 0.605. The molecule has 0 atom stereocenters. The van der Waals surface area contributed by atoms with Crippen molar-refractivity contribution in [3.63, 3.8) is 0 Å². The fraction of sp³-hybridized carbons (Fsp3) is 0.667. The molecule has 0 aliphatic heterocycles. The molecule has 0 heterocycles. The van der Waals surface area contributed by atoms with Crippen LogP contribution < -0.4 is 0 Å².